The lowest BCUT2D eigenvalue weighted by molar-refractivity contribution is -0.118. The van der Waals surface area contributed by atoms with E-state index in [4.69, 9.17) is 4.74 Å². The van der Waals surface area contributed by atoms with Crippen LogP contribution in [0.5, 0.6) is 0 Å². The Bertz CT molecular complexity index is 148. The molecule has 1 fully saturated rings. The molecule has 12 heavy (non-hydrogen) atoms. The van der Waals surface area contributed by atoms with E-state index in [0.717, 1.165) is 19.6 Å². The molecule has 1 aliphatic rings. The highest BCUT2D eigenvalue weighted by atomic mass is 16.5. The Morgan fingerprint density at radius 1 is 1.67 bits per heavy atom. The SMILES string of the molecule is CC(=O)CC(C)C1CCCOC1. The molecule has 2 nitrogen and oxygen atoms in total. The first-order valence-electron chi connectivity index (χ1n) is 4.77. The first-order chi connectivity index (χ1) is 5.70. The Morgan fingerprint density at radius 2 is 2.42 bits per heavy atom. The van der Waals surface area contributed by atoms with Crippen molar-refractivity contribution in [3.8, 4) is 0 Å². The summed E-state index contributed by atoms with van der Waals surface area (Å²) in [6, 6.07) is 0. The fourth-order valence-corrected chi connectivity index (χ4v) is 1.83. The molecule has 1 rings (SSSR count). The normalized spacial score (nSPS) is 26.7. The van der Waals surface area contributed by atoms with Crippen LogP contribution in [0.2, 0.25) is 0 Å². The second kappa shape index (κ2) is 4.61. The molecule has 0 aromatic carbocycles. The molecule has 0 bridgehead atoms. The Balaban J connectivity index is 2.29. The molecule has 0 saturated carbocycles. The van der Waals surface area contributed by atoms with E-state index >= 15 is 0 Å². The minimum absolute atomic E-state index is 0.299. The van der Waals surface area contributed by atoms with Crippen LogP contribution in [-0.2, 0) is 9.53 Å². The fraction of sp³-hybridized carbons (Fsp3) is 0.900. The highest BCUT2D eigenvalue weighted by Gasteiger charge is 2.21. The van der Waals surface area contributed by atoms with Crippen LogP contribution < -0.4 is 0 Å². The molecule has 0 radical (unpaired) electrons. The van der Waals surface area contributed by atoms with Gasteiger partial charge in [0.25, 0.3) is 0 Å². The summed E-state index contributed by atoms with van der Waals surface area (Å²) >= 11 is 0. The van der Waals surface area contributed by atoms with E-state index in [9.17, 15) is 4.79 Å². The summed E-state index contributed by atoms with van der Waals surface area (Å²) in [5.41, 5.74) is 0. The van der Waals surface area contributed by atoms with Crippen LogP contribution in [0.3, 0.4) is 0 Å². The molecule has 1 heterocycles. The average molecular weight is 170 g/mol. The molecule has 0 aliphatic carbocycles. The van der Waals surface area contributed by atoms with Crippen LogP contribution in [0, 0.1) is 11.8 Å². The molecule has 0 aromatic heterocycles. The van der Waals surface area contributed by atoms with Gasteiger partial charge in [0, 0.05) is 19.6 Å². The Labute approximate surface area is 74.3 Å². The van der Waals surface area contributed by atoms with E-state index in [1.54, 1.807) is 6.92 Å². The zero-order valence-corrected chi connectivity index (χ0v) is 8.01. The maximum atomic E-state index is 10.9. The highest BCUT2D eigenvalue weighted by Crippen LogP contribution is 2.24. The van der Waals surface area contributed by atoms with Crippen molar-refractivity contribution in [3.05, 3.63) is 0 Å². The quantitative estimate of drug-likeness (QED) is 0.647. The lowest BCUT2D eigenvalue weighted by Crippen LogP contribution is -2.24. The minimum Gasteiger partial charge on any atom is -0.381 e. The van der Waals surface area contributed by atoms with Gasteiger partial charge in [0.1, 0.15) is 5.78 Å². The van der Waals surface area contributed by atoms with E-state index < -0.39 is 0 Å². The van der Waals surface area contributed by atoms with Crippen LogP contribution >= 0.6 is 0 Å². The minimum atomic E-state index is 0.299. The van der Waals surface area contributed by atoms with Crippen molar-refractivity contribution in [2.75, 3.05) is 13.2 Å². The van der Waals surface area contributed by atoms with E-state index in [-0.39, 0.29) is 0 Å². The van der Waals surface area contributed by atoms with Crippen LogP contribution in [-0.4, -0.2) is 19.0 Å². The summed E-state index contributed by atoms with van der Waals surface area (Å²) in [7, 11) is 0. The van der Waals surface area contributed by atoms with Crippen molar-refractivity contribution in [1.82, 2.24) is 0 Å². The van der Waals surface area contributed by atoms with Gasteiger partial charge in [-0.1, -0.05) is 6.92 Å². The lowest BCUT2D eigenvalue weighted by atomic mass is 9.86. The zero-order chi connectivity index (χ0) is 8.97. The molecule has 2 atom stereocenters. The van der Waals surface area contributed by atoms with Crippen molar-refractivity contribution < 1.29 is 9.53 Å². The third-order valence-electron chi connectivity index (χ3n) is 2.61. The number of Topliss-reactive ketones (excluding diaryl/α,β-unsaturated/α-hetero) is 1. The van der Waals surface area contributed by atoms with Gasteiger partial charge in [-0.25, -0.2) is 0 Å². The number of rotatable bonds is 3. The molecule has 2 heteroatoms. The number of carbonyl (C=O) groups is 1. The number of ketones is 1. The van der Waals surface area contributed by atoms with Crippen LogP contribution in [0.25, 0.3) is 0 Å². The second-order valence-electron chi connectivity index (χ2n) is 3.86. The third-order valence-corrected chi connectivity index (χ3v) is 2.61. The molecule has 1 aliphatic heterocycles. The van der Waals surface area contributed by atoms with Crippen molar-refractivity contribution in [3.63, 3.8) is 0 Å². The van der Waals surface area contributed by atoms with Crippen molar-refractivity contribution >= 4 is 5.78 Å². The Hall–Kier alpha value is -0.370. The summed E-state index contributed by atoms with van der Waals surface area (Å²) in [5.74, 6) is 1.42. The van der Waals surface area contributed by atoms with Gasteiger partial charge in [0.2, 0.25) is 0 Å². The fourth-order valence-electron chi connectivity index (χ4n) is 1.83. The highest BCUT2D eigenvalue weighted by molar-refractivity contribution is 5.75. The van der Waals surface area contributed by atoms with Crippen LogP contribution in [0.1, 0.15) is 33.1 Å². The van der Waals surface area contributed by atoms with E-state index in [2.05, 4.69) is 6.92 Å². The molecule has 0 N–H and O–H groups in total. The number of ether oxygens (including phenoxy) is 1. The van der Waals surface area contributed by atoms with Gasteiger partial charge < -0.3 is 9.53 Å². The molecule has 0 spiro atoms. The molecule has 70 valence electrons. The Morgan fingerprint density at radius 3 is 2.92 bits per heavy atom. The molecule has 0 aromatic rings. The van der Waals surface area contributed by atoms with E-state index in [0.29, 0.717) is 24.0 Å². The van der Waals surface area contributed by atoms with Gasteiger partial charge in [0.15, 0.2) is 0 Å². The summed E-state index contributed by atoms with van der Waals surface area (Å²) in [4.78, 5) is 10.9. The topological polar surface area (TPSA) is 26.3 Å². The summed E-state index contributed by atoms with van der Waals surface area (Å²) in [6.07, 6.45) is 3.11. The van der Waals surface area contributed by atoms with Crippen LogP contribution in [0.15, 0.2) is 0 Å². The molecule has 2 unspecified atom stereocenters. The predicted molar refractivity (Wildman–Crippen MR) is 48.0 cm³/mol. The van der Waals surface area contributed by atoms with Gasteiger partial charge in [-0.2, -0.15) is 0 Å². The van der Waals surface area contributed by atoms with Gasteiger partial charge in [0.05, 0.1) is 0 Å². The van der Waals surface area contributed by atoms with Gasteiger partial charge in [-0.15, -0.1) is 0 Å². The summed E-state index contributed by atoms with van der Waals surface area (Å²) in [5, 5.41) is 0. The zero-order valence-electron chi connectivity index (χ0n) is 8.01. The van der Waals surface area contributed by atoms with Gasteiger partial charge in [-0.05, 0) is 31.6 Å². The first-order valence-corrected chi connectivity index (χ1v) is 4.77. The van der Waals surface area contributed by atoms with Crippen molar-refractivity contribution in [2.45, 2.75) is 33.1 Å². The molecule has 0 amide bonds. The maximum absolute atomic E-state index is 10.9. The monoisotopic (exact) mass is 170 g/mol. The maximum Gasteiger partial charge on any atom is 0.130 e. The first kappa shape index (κ1) is 9.72. The predicted octanol–water partition coefficient (Wildman–Crippen LogP) is 2.03. The summed E-state index contributed by atoms with van der Waals surface area (Å²) < 4.78 is 5.37. The van der Waals surface area contributed by atoms with Gasteiger partial charge >= 0.3 is 0 Å². The smallest absolute Gasteiger partial charge is 0.130 e. The van der Waals surface area contributed by atoms with E-state index in [1.165, 1.54) is 6.42 Å². The number of hydrogen-bond acceptors (Lipinski definition) is 2. The Kier molecular flexibility index (Phi) is 3.73. The average Bonchev–Trinajstić information content (AvgIpc) is 2.05. The third kappa shape index (κ3) is 2.94. The molecular formula is C10H18O2. The largest absolute Gasteiger partial charge is 0.381 e. The summed E-state index contributed by atoms with van der Waals surface area (Å²) in [6.45, 7) is 5.58. The van der Waals surface area contributed by atoms with Crippen molar-refractivity contribution in [2.24, 2.45) is 11.8 Å². The number of carbonyl (C=O) groups excluding carboxylic acids is 1. The van der Waals surface area contributed by atoms with Crippen LogP contribution in [0.4, 0.5) is 0 Å². The van der Waals surface area contributed by atoms with Gasteiger partial charge in [-0.3, -0.25) is 0 Å². The molecular weight excluding hydrogens is 152 g/mol. The second-order valence-corrected chi connectivity index (χ2v) is 3.86. The standard InChI is InChI=1S/C10H18O2/c1-8(6-9(2)11)10-4-3-5-12-7-10/h8,10H,3-7H2,1-2H3. The number of hydrogen-bond donors (Lipinski definition) is 0. The van der Waals surface area contributed by atoms with E-state index in [1.807, 2.05) is 0 Å². The lowest BCUT2D eigenvalue weighted by Gasteiger charge is -2.26. The van der Waals surface area contributed by atoms with Crippen molar-refractivity contribution in [1.29, 1.82) is 0 Å². The molecule has 1 saturated heterocycles.